The summed E-state index contributed by atoms with van der Waals surface area (Å²) in [4.78, 5) is 0. The predicted molar refractivity (Wildman–Crippen MR) is 104 cm³/mol. The van der Waals surface area contributed by atoms with Crippen LogP contribution in [0, 0.1) is 0 Å². The lowest BCUT2D eigenvalue weighted by Gasteiger charge is -2.11. The Kier molecular flexibility index (Phi) is 2.89. The first kappa shape index (κ1) is 13.3. The summed E-state index contributed by atoms with van der Waals surface area (Å²) in [6.45, 7) is 0. The highest BCUT2D eigenvalue weighted by atomic mass is 14.1. The smallest absolute Gasteiger partial charge is 0.00266 e. The first-order valence-electron chi connectivity index (χ1n) is 8.30. The fourth-order valence-corrected chi connectivity index (χ4v) is 3.73. The first-order chi connectivity index (χ1) is 11.9. The van der Waals surface area contributed by atoms with E-state index in [1.165, 1.54) is 43.4 Å². The molecule has 0 radical (unpaired) electrons. The molecule has 5 aromatic rings. The summed E-state index contributed by atoms with van der Waals surface area (Å²) in [5.74, 6) is 0. The Morgan fingerprint density at radius 2 is 1.08 bits per heavy atom. The normalized spacial score (nSPS) is 11.3. The van der Waals surface area contributed by atoms with Gasteiger partial charge in [-0.05, 0) is 43.4 Å². The molecule has 0 saturated heterocycles. The largest absolute Gasteiger partial charge is 0.0622 e. The van der Waals surface area contributed by atoms with Gasteiger partial charge in [0.25, 0.3) is 0 Å². The third kappa shape index (κ3) is 1.93. The number of benzene rings is 5. The first-order valence-corrected chi connectivity index (χ1v) is 8.30. The van der Waals surface area contributed by atoms with Crippen LogP contribution in [0.25, 0.3) is 43.4 Å². The second-order valence-corrected chi connectivity index (χ2v) is 6.22. The van der Waals surface area contributed by atoms with E-state index in [9.17, 15) is 0 Å². The molecule has 0 bridgehead atoms. The van der Waals surface area contributed by atoms with Crippen LogP contribution >= 0.6 is 0 Å². The van der Waals surface area contributed by atoms with Crippen molar-refractivity contribution in [3.05, 3.63) is 97.1 Å². The van der Waals surface area contributed by atoms with E-state index in [1.54, 1.807) is 0 Å². The van der Waals surface area contributed by atoms with Gasteiger partial charge in [0.15, 0.2) is 0 Å². The quantitative estimate of drug-likeness (QED) is 0.298. The minimum absolute atomic E-state index is 1.27. The van der Waals surface area contributed by atoms with Gasteiger partial charge in [0.2, 0.25) is 0 Å². The molecule has 0 nitrogen and oxygen atoms in total. The zero-order chi connectivity index (χ0) is 15.9. The van der Waals surface area contributed by atoms with Gasteiger partial charge in [-0.1, -0.05) is 97.1 Å². The van der Waals surface area contributed by atoms with Crippen LogP contribution in [0.2, 0.25) is 0 Å². The van der Waals surface area contributed by atoms with E-state index in [-0.39, 0.29) is 0 Å². The average Bonchev–Trinajstić information content (AvgIpc) is 2.67. The minimum atomic E-state index is 1.27. The highest BCUT2D eigenvalue weighted by Gasteiger charge is 2.08. The molecule has 5 aromatic carbocycles. The molecule has 0 aliphatic carbocycles. The van der Waals surface area contributed by atoms with Crippen LogP contribution in [0.5, 0.6) is 0 Å². The molecule has 112 valence electrons. The van der Waals surface area contributed by atoms with E-state index >= 15 is 0 Å². The van der Waals surface area contributed by atoms with Crippen LogP contribution in [-0.4, -0.2) is 0 Å². The topological polar surface area (TPSA) is 0 Å². The fourth-order valence-electron chi connectivity index (χ4n) is 3.73. The number of hydrogen-bond donors (Lipinski definition) is 0. The molecule has 0 N–H and O–H groups in total. The monoisotopic (exact) mass is 304 g/mol. The molecular weight excluding hydrogens is 288 g/mol. The maximum atomic E-state index is 2.26. The van der Waals surface area contributed by atoms with Crippen LogP contribution < -0.4 is 0 Å². The molecule has 0 aromatic heterocycles. The molecule has 0 saturated carbocycles. The van der Waals surface area contributed by atoms with Crippen molar-refractivity contribution in [3.8, 4) is 11.1 Å². The maximum Gasteiger partial charge on any atom is -0.00266 e. The fraction of sp³-hybridized carbons (Fsp3) is 0. The van der Waals surface area contributed by atoms with Gasteiger partial charge in [-0.25, -0.2) is 0 Å². The third-order valence-corrected chi connectivity index (χ3v) is 4.85. The van der Waals surface area contributed by atoms with E-state index in [4.69, 9.17) is 0 Å². The summed E-state index contributed by atoms with van der Waals surface area (Å²) in [5, 5.41) is 7.90. The summed E-state index contributed by atoms with van der Waals surface area (Å²) in [7, 11) is 0. The minimum Gasteiger partial charge on any atom is -0.0622 e. The molecule has 24 heavy (non-hydrogen) atoms. The van der Waals surface area contributed by atoms with E-state index in [2.05, 4.69) is 97.1 Å². The SMILES string of the molecule is c1ccc(-c2cccc3c2ccc2ccc4ccccc4c23)cc1. The van der Waals surface area contributed by atoms with Gasteiger partial charge in [0, 0.05) is 0 Å². The molecule has 0 aliphatic rings. The predicted octanol–water partition coefficient (Wildman–Crippen LogP) is 6.81. The van der Waals surface area contributed by atoms with Crippen LogP contribution in [0.15, 0.2) is 97.1 Å². The van der Waals surface area contributed by atoms with E-state index < -0.39 is 0 Å². The lowest BCUT2D eigenvalue weighted by Crippen LogP contribution is -1.84. The van der Waals surface area contributed by atoms with Gasteiger partial charge in [-0.15, -0.1) is 0 Å². The second kappa shape index (κ2) is 5.21. The van der Waals surface area contributed by atoms with Crippen LogP contribution in [0.1, 0.15) is 0 Å². The summed E-state index contributed by atoms with van der Waals surface area (Å²) >= 11 is 0. The van der Waals surface area contributed by atoms with Gasteiger partial charge >= 0.3 is 0 Å². The highest BCUT2D eigenvalue weighted by molar-refractivity contribution is 6.22. The van der Waals surface area contributed by atoms with Gasteiger partial charge < -0.3 is 0 Å². The molecule has 0 heterocycles. The zero-order valence-corrected chi connectivity index (χ0v) is 13.2. The van der Waals surface area contributed by atoms with Crippen molar-refractivity contribution in [1.29, 1.82) is 0 Å². The number of fused-ring (bicyclic) bond motifs is 5. The van der Waals surface area contributed by atoms with Gasteiger partial charge in [0.05, 0.1) is 0 Å². The Bertz CT molecular complexity index is 1180. The second-order valence-electron chi connectivity index (χ2n) is 6.22. The van der Waals surface area contributed by atoms with Crippen molar-refractivity contribution >= 4 is 32.3 Å². The van der Waals surface area contributed by atoms with Crippen LogP contribution in [-0.2, 0) is 0 Å². The molecule has 0 fully saturated rings. The van der Waals surface area contributed by atoms with Crippen molar-refractivity contribution in [3.63, 3.8) is 0 Å². The zero-order valence-electron chi connectivity index (χ0n) is 13.2. The highest BCUT2D eigenvalue weighted by Crippen LogP contribution is 2.36. The molecule has 0 heteroatoms. The average molecular weight is 304 g/mol. The van der Waals surface area contributed by atoms with Crippen molar-refractivity contribution in [2.75, 3.05) is 0 Å². The number of rotatable bonds is 1. The summed E-state index contributed by atoms with van der Waals surface area (Å²) in [6, 6.07) is 34.9. The standard InChI is InChI=1S/C24H16/c1-2-7-17(8-3-1)20-11-6-12-23-22(20)16-15-19-14-13-18-9-4-5-10-21(18)24(19)23/h1-16H. The van der Waals surface area contributed by atoms with Crippen molar-refractivity contribution in [2.45, 2.75) is 0 Å². The lowest BCUT2D eigenvalue weighted by atomic mass is 9.92. The Morgan fingerprint density at radius 3 is 2.00 bits per heavy atom. The van der Waals surface area contributed by atoms with Crippen molar-refractivity contribution < 1.29 is 0 Å². The molecule has 0 spiro atoms. The molecule has 0 unspecified atom stereocenters. The Labute approximate surface area is 141 Å². The van der Waals surface area contributed by atoms with E-state index in [1.807, 2.05) is 0 Å². The Hall–Kier alpha value is -3.12. The molecular formula is C24H16. The third-order valence-electron chi connectivity index (χ3n) is 4.85. The maximum absolute atomic E-state index is 2.26. The molecule has 0 atom stereocenters. The Balaban J connectivity index is 1.97. The van der Waals surface area contributed by atoms with Crippen molar-refractivity contribution in [1.82, 2.24) is 0 Å². The van der Waals surface area contributed by atoms with Gasteiger partial charge in [0.1, 0.15) is 0 Å². The Morgan fingerprint density at radius 1 is 0.375 bits per heavy atom. The lowest BCUT2D eigenvalue weighted by molar-refractivity contribution is 1.66. The van der Waals surface area contributed by atoms with Crippen molar-refractivity contribution in [2.24, 2.45) is 0 Å². The molecule has 0 amide bonds. The summed E-state index contributed by atoms with van der Waals surface area (Å²) < 4.78 is 0. The van der Waals surface area contributed by atoms with E-state index in [0.717, 1.165) is 0 Å². The van der Waals surface area contributed by atoms with Gasteiger partial charge in [-0.2, -0.15) is 0 Å². The molecule has 0 aliphatic heterocycles. The van der Waals surface area contributed by atoms with Crippen LogP contribution in [0.4, 0.5) is 0 Å². The van der Waals surface area contributed by atoms with E-state index in [0.29, 0.717) is 0 Å². The summed E-state index contributed by atoms with van der Waals surface area (Å²) in [5.41, 5.74) is 2.56. The number of hydrogen-bond acceptors (Lipinski definition) is 0. The van der Waals surface area contributed by atoms with Crippen LogP contribution in [0.3, 0.4) is 0 Å². The molecule has 5 rings (SSSR count). The van der Waals surface area contributed by atoms with Gasteiger partial charge in [-0.3, -0.25) is 0 Å². The summed E-state index contributed by atoms with van der Waals surface area (Å²) in [6.07, 6.45) is 0.